The van der Waals surface area contributed by atoms with Crippen molar-refractivity contribution in [2.45, 2.75) is 0 Å². The number of nitrogens with zero attached hydrogens (tertiary/aromatic N) is 4. The summed E-state index contributed by atoms with van der Waals surface area (Å²) >= 11 is 0. The molecule has 0 atom stereocenters. The van der Waals surface area contributed by atoms with Crippen LogP contribution in [0.4, 0.5) is 0 Å². The van der Waals surface area contributed by atoms with E-state index in [-0.39, 0.29) is 0 Å². The van der Waals surface area contributed by atoms with Crippen LogP contribution >= 0.6 is 0 Å². The van der Waals surface area contributed by atoms with Crippen LogP contribution < -0.4 is 0 Å². The van der Waals surface area contributed by atoms with Crippen LogP contribution in [0.2, 0.25) is 0 Å². The van der Waals surface area contributed by atoms with Gasteiger partial charge in [0.15, 0.2) is 11.6 Å². The summed E-state index contributed by atoms with van der Waals surface area (Å²) in [5.41, 5.74) is 7.90. The third kappa shape index (κ3) is 4.96. The summed E-state index contributed by atoms with van der Waals surface area (Å²) in [6.45, 7) is 0. The summed E-state index contributed by atoms with van der Waals surface area (Å²) in [5.74, 6) is 1.75. The Morgan fingerprint density at radius 3 is 1.77 bits per heavy atom. The molecule has 0 aliphatic heterocycles. The van der Waals surface area contributed by atoms with E-state index in [2.05, 4.69) is 193 Å². The SMILES string of the molecule is c1ccc2cc(-c3ccc(-c4nc(-c5ccc6oc7cc8ccccc8cc7c6c5)nc(-n5c6ccccc6c6c7ccccc7ccc65)n4)c4ccccc34)ccc2c1. The topological polar surface area (TPSA) is 56.7 Å². The highest BCUT2D eigenvalue weighted by molar-refractivity contribution is 6.21. The lowest BCUT2D eigenvalue weighted by Gasteiger charge is -2.14. The van der Waals surface area contributed by atoms with E-state index in [1.165, 1.54) is 37.9 Å². The monoisotopic (exact) mass is 764 g/mol. The van der Waals surface area contributed by atoms with E-state index in [1.807, 2.05) is 6.07 Å². The van der Waals surface area contributed by atoms with Crippen LogP contribution in [-0.2, 0) is 0 Å². The van der Waals surface area contributed by atoms with E-state index >= 15 is 0 Å². The lowest BCUT2D eigenvalue weighted by atomic mass is 9.93. The number of furan rings is 1. The van der Waals surface area contributed by atoms with Gasteiger partial charge in [0.1, 0.15) is 11.2 Å². The van der Waals surface area contributed by atoms with Gasteiger partial charge in [-0.25, -0.2) is 4.98 Å². The number of hydrogen-bond acceptors (Lipinski definition) is 4. The fraction of sp³-hybridized carbons (Fsp3) is 0. The number of hydrogen-bond donors (Lipinski definition) is 0. The molecule has 0 unspecified atom stereocenters. The molecular weight excluding hydrogens is 733 g/mol. The highest BCUT2D eigenvalue weighted by Crippen LogP contribution is 2.40. The molecule has 0 amide bonds. The van der Waals surface area contributed by atoms with Gasteiger partial charge in [0.05, 0.1) is 11.0 Å². The molecule has 3 heterocycles. The highest BCUT2D eigenvalue weighted by Gasteiger charge is 2.21. The van der Waals surface area contributed by atoms with Gasteiger partial charge in [0.2, 0.25) is 5.95 Å². The summed E-state index contributed by atoms with van der Waals surface area (Å²) in [4.78, 5) is 16.1. The molecule has 60 heavy (non-hydrogen) atoms. The quantitative estimate of drug-likeness (QED) is 0.179. The summed E-state index contributed by atoms with van der Waals surface area (Å²) in [5, 5.41) is 13.7. The normalized spacial score (nSPS) is 12.0. The first-order valence-corrected chi connectivity index (χ1v) is 20.3. The maximum atomic E-state index is 6.42. The second kappa shape index (κ2) is 12.7. The molecule has 0 saturated carbocycles. The lowest BCUT2D eigenvalue weighted by Crippen LogP contribution is -2.06. The summed E-state index contributed by atoms with van der Waals surface area (Å²) in [6, 6.07) is 68.7. The van der Waals surface area contributed by atoms with Gasteiger partial charge in [0, 0.05) is 32.7 Å². The van der Waals surface area contributed by atoms with Crippen LogP contribution in [0.1, 0.15) is 0 Å². The van der Waals surface area contributed by atoms with Crippen LogP contribution in [0.5, 0.6) is 0 Å². The van der Waals surface area contributed by atoms with Crippen molar-refractivity contribution in [2.75, 3.05) is 0 Å². The van der Waals surface area contributed by atoms with E-state index in [0.717, 1.165) is 71.2 Å². The minimum atomic E-state index is 0.558. The molecule has 13 aromatic rings. The predicted octanol–water partition coefficient (Wildman–Crippen LogP) is 14.5. The molecule has 5 heteroatoms. The predicted molar refractivity (Wildman–Crippen MR) is 248 cm³/mol. The minimum Gasteiger partial charge on any atom is -0.456 e. The maximum absolute atomic E-state index is 6.42. The molecule has 0 N–H and O–H groups in total. The first kappa shape index (κ1) is 32.9. The van der Waals surface area contributed by atoms with Crippen molar-refractivity contribution in [1.29, 1.82) is 0 Å². The summed E-state index contributed by atoms with van der Waals surface area (Å²) in [6.07, 6.45) is 0. The van der Waals surface area contributed by atoms with Crippen LogP contribution in [0.3, 0.4) is 0 Å². The molecule has 10 aromatic carbocycles. The Labute approximate surface area is 343 Å². The number of aromatic nitrogens is 4. The number of fused-ring (bicyclic) bond motifs is 11. The van der Waals surface area contributed by atoms with E-state index in [4.69, 9.17) is 19.4 Å². The Bertz CT molecular complexity index is 3910. The van der Waals surface area contributed by atoms with Crippen LogP contribution in [0, 0.1) is 0 Å². The lowest BCUT2D eigenvalue weighted by molar-refractivity contribution is 0.669. The fourth-order valence-electron chi connectivity index (χ4n) is 9.37. The summed E-state index contributed by atoms with van der Waals surface area (Å²) < 4.78 is 8.62. The smallest absolute Gasteiger partial charge is 0.238 e. The second-order valence-electron chi connectivity index (χ2n) is 15.6. The molecule has 5 nitrogen and oxygen atoms in total. The fourth-order valence-corrected chi connectivity index (χ4v) is 9.37. The molecule has 0 aliphatic carbocycles. The number of rotatable bonds is 4. The molecule has 0 saturated heterocycles. The maximum Gasteiger partial charge on any atom is 0.238 e. The molecule has 278 valence electrons. The average Bonchev–Trinajstić information content (AvgIpc) is 3.85. The Balaban J connectivity index is 1.08. The van der Waals surface area contributed by atoms with Crippen molar-refractivity contribution in [3.63, 3.8) is 0 Å². The zero-order valence-corrected chi connectivity index (χ0v) is 32.2. The first-order valence-electron chi connectivity index (χ1n) is 20.3. The Hall–Kier alpha value is -8.15. The van der Waals surface area contributed by atoms with Crippen molar-refractivity contribution >= 4 is 86.8 Å². The third-order valence-corrected chi connectivity index (χ3v) is 12.2. The van der Waals surface area contributed by atoms with Gasteiger partial charge < -0.3 is 4.42 Å². The average molecular weight is 765 g/mol. The zero-order valence-electron chi connectivity index (χ0n) is 32.2. The number of benzene rings is 10. The third-order valence-electron chi connectivity index (χ3n) is 12.2. The Kier molecular flexibility index (Phi) is 6.95. The van der Waals surface area contributed by atoms with Gasteiger partial charge in [-0.05, 0) is 109 Å². The largest absolute Gasteiger partial charge is 0.456 e. The molecule has 3 aromatic heterocycles. The Morgan fingerprint density at radius 2 is 0.933 bits per heavy atom. The zero-order chi connectivity index (χ0) is 39.3. The van der Waals surface area contributed by atoms with Gasteiger partial charge in [-0.15, -0.1) is 0 Å². The van der Waals surface area contributed by atoms with Crippen LogP contribution in [0.15, 0.2) is 199 Å². The summed E-state index contributed by atoms with van der Waals surface area (Å²) in [7, 11) is 0. The van der Waals surface area contributed by atoms with Gasteiger partial charge in [-0.2, -0.15) is 9.97 Å². The molecule has 0 radical (unpaired) electrons. The highest BCUT2D eigenvalue weighted by atomic mass is 16.3. The van der Waals surface area contributed by atoms with Gasteiger partial charge in [-0.1, -0.05) is 140 Å². The minimum absolute atomic E-state index is 0.558. The van der Waals surface area contributed by atoms with Gasteiger partial charge in [-0.3, -0.25) is 4.57 Å². The molecular formula is C55H32N4O. The van der Waals surface area contributed by atoms with Crippen LogP contribution in [0.25, 0.3) is 127 Å². The first-order chi connectivity index (χ1) is 29.7. The molecule has 13 rings (SSSR count). The van der Waals surface area contributed by atoms with Gasteiger partial charge >= 0.3 is 0 Å². The van der Waals surface area contributed by atoms with E-state index in [1.54, 1.807) is 0 Å². The van der Waals surface area contributed by atoms with E-state index in [0.29, 0.717) is 17.6 Å². The van der Waals surface area contributed by atoms with Crippen molar-refractivity contribution in [3.8, 4) is 39.9 Å². The molecule has 0 spiro atoms. The standard InChI is InChI=1S/C55H32N4O/c1-2-13-35-29-38(22-21-33(35)11-1)40-25-26-44(43-18-8-7-17-42(40)43)54-56-53(39-24-28-50-46(31-39)47-30-36-14-3-4-15-37(36)32-51(47)60-50)57-55(58-54)59-48-20-10-9-19-45(48)52-41-16-6-5-12-34(41)23-27-49(52)59/h1-32H. The van der Waals surface area contributed by atoms with Crippen molar-refractivity contribution < 1.29 is 4.42 Å². The second-order valence-corrected chi connectivity index (χ2v) is 15.6. The molecule has 0 aliphatic rings. The van der Waals surface area contributed by atoms with Gasteiger partial charge in [0.25, 0.3) is 0 Å². The van der Waals surface area contributed by atoms with Crippen molar-refractivity contribution in [1.82, 2.24) is 19.5 Å². The Morgan fingerprint density at radius 1 is 0.333 bits per heavy atom. The van der Waals surface area contributed by atoms with Crippen LogP contribution in [-0.4, -0.2) is 19.5 Å². The molecule has 0 fully saturated rings. The molecule has 0 bridgehead atoms. The van der Waals surface area contributed by atoms with Crippen molar-refractivity contribution in [2.24, 2.45) is 0 Å². The van der Waals surface area contributed by atoms with E-state index in [9.17, 15) is 0 Å². The van der Waals surface area contributed by atoms with Crippen molar-refractivity contribution in [3.05, 3.63) is 194 Å². The van der Waals surface area contributed by atoms with E-state index < -0.39 is 0 Å². The number of para-hydroxylation sites is 1.